The molecular weight excluding hydrogens is 220 g/mol. The zero-order chi connectivity index (χ0) is 11.7. The minimum Gasteiger partial charge on any atom is -0.588 e. The second-order valence-corrected chi connectivity index (χ2v) is 5.13. The SMILES string of the molecule is [O-][O+]=C(OC1=CCCCC1)C12CCCCC1O2. The zero-order valence-electron chi connectivity index (χ0n) is 9.94. The van der Waals surface area contributed by atoms with Gasteiger partial charge in [0.25, 0.3) is 5.60 Å². The van der Waals surface area contributed by atoms with Gasteiger partial charge in [-0.3, -0.25) is 9.31 Å². The van der Waals surface area contributed by atoms with Gasteiger partial charge in [-0.25, -0.2) is 0 Å². The van der Waals surface area contributed by atoms with Crippen LogP contribution < -0.4 is 5.26 Å². The maximum Gasteiger partial charge on any atom is 0.539 e. The molecular formula is C13H18O4. The molecule has 3 aliphatic rings. The average molecular weight is 238 g/mol. The molecule has 2 unspecified atom stereocenters. The van der Waals surface area contributed by atoms with Gasteiger partial charge in [0, 0.05) is 6.42 Å². The smallest absolute Gasteiger partial charge is 0.539 e. The molecule has 2 aliphatic carbocycles. The lowest BCUT2D eigenvalue weighted by atomic mass is 9.89. The first-order chi connectivity index (χ1) is 8.35. The summed E-state index contributed by atoms with van der Waals surface area (Å²) in [6, 6.07) is 0. The molecule has 2 fully saturated rings. The summed E-state index contributed by atoms with van der Waals surface area (Å²) in [4.78, 5) is 0. The van der Waals surface area contributed by atoms with Crippen molar-refractivity contribution in [1.82, 2.24) is 0 Å². The molecule has 1 saturated heterocycles. The molecule has 1 heterocycles. The van der Waals surface area contributed by atoms with Gasteiger partial charge >= 0.3 is 5.97 Å². The highest BCUT2D eigenvalue weighted by molar-refractivity contribution is 5.84. The van der Waals surface area contributed by atoms with Crippen LogP contribution in [0.4, 0.5) is 0 Å². The number of hydrogen-bond donors (Lipinski definition) is 0. The summed E-state index contributed by atoms with van der Waals surface area (Å²) >= 11 is 0. The van der Waals surface area contributed by atoms with Crippen molar-refractivity contribution in [1.29, 1.82) is 0 Å². The molecule has 0 spiro atoms. The van der Waals surface area contributed by atoms with E-state index < -0.39 is 5.60 Å². The molecule has 4 nitrogen and oxygen atoms in total. The topological polar surface area (TPSA) is 56.1 Å². The standard InChI is InChI=1S/C13H18O4/c14-17-12(15-10-6-2-1-3-7-10)13-9-5-4-8-11(13)16-13/h6,11H,1-5,7-9H2. The summed E-state index contributed by atoms with van der Waals surface area (Å²) in [5.74, 6) is 1.02. The Labute approximate surface area is 101 Å². The lowest BCUT2D eigenvalue weighted by Gasteiger charge is -2.13. The van der Waals surface area contributed by atoms with Crippen molar-refractivity contribution >= 4 is 5.97 Å². The Balaban J connectivity index is 1.70. The number of hydrogen-bond acceptors (Lipinski definition) is 3. The number of ether oxygens (including phenoxy) is 2. The van der Waals surface area contributed by atoms with Crippen molar-refractivity contribution in [2.24, 2.45) is 0 Å². The summed E-state index contributed by atoms with van der Waals surface area (Å²) in [7, 11) is 0. The fraction of sp³-hybridized carbons (Fsp3) is 0.769. The second kappa shape index (κ2) is 4.33. The maximum absolute atomic E-state index is 10.9. The molecule has 0 bridgehead atoms. The van der Waals surface area contributed by atoms with Crippen LogP contribution in [0.1, 0.15) is 51.4 Å². The van der Waals surface area contributed by atoms with Gasteiger partial charge in [0.2, 0.25) is 5.76 Å². The molecule has 4 heteroatoms. The van der Waals surface area contributed by atoms with Crippen LogP contribution >= 0.6 is 0 Å². The Morgan fingerprint density at radius 2 is 2.35 bits per heavy atom. The summed E-state index contributed by atoms with van der Waals surface area (Å²) in [5.41, 5.74) is -0.516. The minimum atomic E-state index is -0.516. The van der Waals surface area contributed by atoms with Gasteiger partial charge in [0.05, 0.1) is 0 Å². The molecule has 1 saturated carbocycles. The van der Waals surface area contributed by atoms with E-state index in [1.807, 2.05) is 0 Å². The van der Waals surface area contributed by atoms with Crippen LogP contribution in [-0.2, 0) is 14.0 Å². The van der Waals surface area contributed by atoms with Crippen LogP contribution in [0.15, 0.2) is 11.8 Å². The number of allylic oxidation sites excluding steroid dienone is 2. The first-order valence-electron chi connectivity index (χ1n) is 6.57. The Hall–Kier alpha value is -1.03. The lowest BCUT2D eigenvalue weighted by Crippen LogP contribution is -2.35. The summed E-state index contributed by atoms with van der Waals surface area (Å²) in [6.07, 6.45) is 10.5. The van der Waals surface area contributed by atoms with E-state index >= 15 is 0 Å². The molecule has 0 radical (unpaired) electrons. The van der Waals surface area contributed by atoms with Crippen LogP contribution in [0.2, 0.25) is 0 Å². The van der Waals surface area contributed by atoms with Gasteiger partial charge in [-0.1, -0.05) is 6.42 Å². The number of fused-ring (bicyclic) bond motifs is 1. The third-order valence-electron chi connectivity index (χ3n) is 3.97. The van der Waals surface area contributed by atoms with Gasteiger partial charge in [-0.2, -0.15) is 0 Å². The molecule has 2 atom stereocenters. The largest absolute Gasteiger partial charge is 0.588 e. The number of epoxide rings is 1. The van der Waals surface area contributed by atoms with Crippen molar-refractivity contribution in [3.63, 3.8) is 0 Å². The van der Waals surface area contributed by atoms with E-state index in [0.29, 0.717) is 0 Å². The first kappa shape index (κ1) is 11.1. The van der Waals surface area contributed by atoms with Crippen LogP contribution in [0, 0.1) is 0 Å². The zero-order valence-corrected chi connectivity index (χ0v) is 9.94. The number of rotatable bonds is 2. The second-order valence-electron chi connectivity index (χ2n) is 5.13. The van der Waals surface area contributed by atoms with Crippen molar-refractivity contribution in [2.45, 2.75) is 63.1 Å². The third kappa shape index (κ3) is 1.95. The first-order valence-corrected chi connectivity index (χ1v) is 6.57. The molecule has 94 valence electrons. The number of esters is 1. The predicted octanol–water partition coefficient (Wildman–Crippen LogP) is 1.51. The van der Waals surface area contributed by atoms with Crippen LogP contribution in [0.5, 0.6) is 0 Å². The fourth-order valence-electron chi connectivity index (χ4n) is 2.93. The molecule has 0 aromatic heterocycles. The Bertz CT molecular complexity index is 360. The van der Waals surface area contributed by atoms with E-state index in [1.54, 1.807) is 0 Å². The van der Waals surface area contributed by atoms with E-state index in [0.717, 1.165) is 44.3 Å². The predicted molar refractivity (Wildman–Crippen MR) is 58.7 cm³/mol. The normalized spacial score (nSPS) is 37.1. The van der Waals surface area contributed by atoms with E-state index in [4.69, 9.17) is 9.47 Å². The van der Waals surface area contributed by atoms with Crippen molar-refractivity contribution < 1.29 is 19.3 Å². The summed E-state index contributed by atoms with van der Waals surface area (Å²) < 4.78 is 15.5. The molecule has 0 aromatic carbocycles. The third-order valence-corrected chi connectivity index (χ3v) is 3.97. The number of carbonyl (C=O) groups excluding carboxylic acids is 1. The molecule has 0 aromatic rings. The summed E-state index contributed by atoms with van der Waals surface area (Å²) in [6.45, 7) is 0. The monoisotopic (exact) mass is 238 g/mol. The highest BCUT2D eigenvalue weighted by Gasteiger charge is 2.69. The van der Waals surface area contributed by atoms with Crippen LogP contribution in [0.25, 0.3) is 0 Å². The minimum absolute atomic E-state index is 0.143. The van der Waals surface area contributed by atoms with E-state index in [2.05, 4.69) is 10.7 Å². The van der Waals surface area contributed by atoms with Crippen LogP contribution in [-0.4, -0.2) is 17.7 Å². The van der Waals surface area contributed by atoms with Crippen molar-refractivity contribution in [2.75, 3.05) is 0 Å². The molecule has 3 rings (SSSR count). The molecule has 0 N–H and O–H groups in total. The molecule has 0 amide bonds. The highest BCUT2D eigenvalue weighted by Crippen LogP contribution is 2.49. The van der Waals surface area contributed by atoms with Crippen LogP contribution in [0.3, 0.4) is 0 Å². The van der Waals surface area contributed by atoms with Gasteiger partial charge in [0.1, 0.15) is 6.10 Å². The van der Waals surface area contributed by atoms with Gasteiger partial charge < -0.3 is 9.99 Å². The summed E-state index contributed by atoms with van der Waals surface area (Å²) in [5, 5.41) is 10.9. The highest BCUT2D eigenvalue weighted by atomic mass is 17.1. The lowest BCUT2D eigenvalue weighted by molar-refractivity contribution is -1.05. The van der Waals surface area contributed by atoms with Crippen molar-refractivity contribution in [3.8, 4) is 0 Å². The van der Waals surface area contributed by atoms with E-state index in [9.17, 15) is 5.26 Å². The Morgan fingerprint density at radius 1 is 1.41 bits per heavy atom. The Morgan fingerprint density at radius 3 is 3.06 bits per heavy atom. The van der Waals surface area contributed by atoms with E-state index in [-0.39, 0.29) is 12.1 Å². The molecule has 1 aliphatic heterocycles. The van der Waals surface area contributed by atoms with Gasteiger partial charge in [-0.15, -0.1) is 0 Å². The van der Waals surface area contributed by atoms with Gasteiger partial charge in [0.15, 0.2) is 0 Å². The molecule has 17 heavy (non-hydrogen) atoms. The maximum atomic E-state index is 10.9. The van der Waals surface area contributed by atoms with Crippen molar-refractivity contribution in [3.05, 3.63) is 11.8 Å². The Kier molecular flexibility index (Phi) is 2.82. The van der Waals surface area contributed by atoms with E-state index in [1.165, 1.54) is 12.8 Å². The average Bonchev–Trinajstić information content (AvgIpc) is 3.12. The van der Waals surface area contributed by atoms with Gasteiger partial charge in [-0.05, 0) is 44.6 Å². The fourth-order valence-corrected chi connectivity index (χ4v) is 2.93. The quantitative estimate of drug-likeness (QED) is 0.241.